The normalized spacial score (nSPS) is 12.4. The van der Waals surface area contributed by atoms with E-state index in [1.54, 1.807) is 24.3 Å². The Hall–Kier alpha value is -6.00. The first-order chi connectivity index (χ1) is 25.9. The molecule has 4 heteroatoms. The van der Waals surface area contributed by atoms with Gasteiger partial charge in [-0.25, -0.2) is 8.78 Å². The lowest BCUT2D eigenvalue weighted by molar-refractivity contribution is 0.565. The fourth-order valence-corrected chi connectivity index (χ4v) is 8.81. The SMILES string of the molecule is CC(C)(C)c1c(-c2cccc(F)c2)c(-n2c3ccccc3c3ccccc32)c(-c2cccc(F)c2)c(C(C)(C)C)c1-n1c2ccccc2c2ccccc21. The fraction of sp³-hybridized carbons (Fsp3) is 0.160. The molecule has 2 nitrogen and oxygen atoms in total. The van der Waals surface area contributed by atoms with E-state index in [1.165, 1.54) is 12.1 Å². The number of benzene rings is 7. The minimum absolute atomic E-state index is 0.314. The quantitative estimate of drug-likeness (QED) is 0.172. The third kappa shape index (κ3) is 5.19. The van der Waals surface area contributed by atoms with Crippen LogP contribution in [0.25, 0.3) is 77.2 Å². The Morgan fingerprint density at radius 1 is 0.370 bits per heavy atom. The minimum Gasteiger partial charge on any atom is -0.309 e. The van der Waals surface area contributed by atoms with Gasteiger partial charge in [0.2, 0.25) is 0 Å². The van der Waals surface area contributed by atoms with E-state index in [0.717, 1.165) is 88.4 Å². The third-order valence-corrected chi connectivity index (χ3v) is 10.8. The third-order valence-electron chi connectivity index (χ3n) is 10.8. The number of hydrogen-bond acceptors (Lipinski definition) is 0. The summed E-state index contributed by atoms with van der Waals surface area (Å²) in [6.07, 6.45) is 0. The molecule has 2 heterocycles. The van der Waals surface area contributed by atoms with Crippen molar-refractivity contribution < 1.29 is 8.78 Å². The average molecular weight is 709 g/mol. The number of aromatic nitrogens is 2. The van der Waals surface area contributed by atoms with Gasteiger partial charge in [-0.15, -0.1) is 0 Å². The summed E-state index contributed by atoms with van der Waals surface area (Å²) in [5.74, 6) is -0.628. The highest BCUT2D eigenvalue weighted by Gasteiger charge is 2.38. The predicted molar refractivity (Wildman–Crippen MR) is 223 cm³/mol. The van der Waals surface area contributed by atoms with Gasteiger partial charge in [-0.2, -0.15) is 0 Å². The van der Waals surface area contributed by atoms with Crippen LogP contribution in [0.3, 0.4) is 0 Å². The molecule has 7 aromatic carbocycles. The van der Waals surface area contributed by atoms with Crippen molar-refractivity contribution in [1.29, 1.82) is 0 Å². The second-order valence-corrected chi connectivity index (χ2v) is 16.5. The lowest BCUT2D eigenvalue weighted by atomic mass is 9.71. The molecule has 0 spiro atoms. The van der Waals surface area contributed by atoms with Crippen LogP contribution >= 0.6 is 0 Å². The summed E-state index contributed by atoms with van der Waals surface area (Å²) in [5.41, 5.74) is 10.8. The zero-order valence-electron chi connectivity index (χ0n) is 31.5. The summed E-state index contributed by atoms with van der Waals surface area (Å²) in [6, 6.07) is 48.1. The Morgan fingerprint density at radius 2 is 0.685 bits per heavy atom. The second kappa shape index (κ2) is 12.3. The van der Waals surface area contributed by atoms with Crippen molar-refractivity contribution in [2.45, 2.75) is 52.4 Å². The standard InChI is InChI=1S/C50H42F2N2/c1-49(2,3)45-43(31-17-15-19-33(51)29-31)47(53-39-25-11-7-21-35(39)36-22-8-12-26-40(36)53)44(32-18-16-20-34(52)30-32)46(50(4,5)6)48(45)54-41-27-13-9-23-37(41)38-24-10-14-28-42(38)54/h7-30H,1-6H3. The molecule has 0 radical (unpaired) electrons. The zero-order chi connectivity index (χ0) is 37.5. The van der Waals surface area contributed by atoms with E-state index in [0.29, 0.717) is 0 Å². The van der Waals surface area contributed by atoms with Crippen LogP contribution in [-0.2, 0) is 10.8 Å². The Morgan fingerprint density at radius 3 is 1.00 bits per heavy atom. The molecule has 266 valence electrons. The first kappa shape index (κ1) is 33.8. The van der Waals surface area contributed by atoms with Crippen LogP contribution in [0.2, 0.25) is 0 Å². The number of hydrogen-bond donors (Lipinski definition) is 0. The molecule has 0 aliphatic heterocycles. The number of para-hydroxylation sites is 4. The molecule has 0 bridgehead atoms. The van der Waals surface area contributed by atoms with Crippen molar-refractivity contribution in [1.82, 2.24) is 9.13 Å². The van der Waals surface area contributed by atoms with Crippen LogP contribution in [0, 0.1) is 11.6 Å². The van der Waals surface area contributed by atoms with E-state index in [-0.39, 0.29) is 11.6 Å². The van der Waals surface area contributed by atoms with E-state index >= 15 is 8.78 Å². The van der Waals surface area contributed by atoms with E-state index < -0.39 is 10.8 Å². The highest BCUT2D eigenvalue weighted by Crippen LogP contribution is 2.54. The molecule has 0 amide bonds. The molecular formula is C50H42F2N2. The van der Waals surface area contributed by atoms with Crippen LogP contribution in [0.1, 0.15) is 52.7 Å². The molecule has 0 aliphatic carbocycles. The first-order valence-electron chi connectivity index (χ1n) is 18.7. The maximum Gasteiger partial charge on any atom is 0.123 e. The largest absolute Gasteiger partial charge is 0.309 e. The van der Waals surface area contributed by atoms with Crippen molar-refractivity contribution in [3.63, 3.8) is 0 Å². The Kier molecular flexibility index (Phi) is 7.69. The van der Waals surface area contributed by atoms with Crippen molar-refractivity contribution >= 4 is 43.6 Å². The number of rotatable bonds is 4. The highest BCUT2D eigenvalue weighted by atomic mass is 19.1. The Labute approximate surface area is 314 Å². The lowest BCUT2D eigenvalue weighted by Crippen LogP contribution is -2.26. The van der Waals surface area contributed by atoms with Crippen LogP contribution in [0.5, 0.6) is 0 Å². The molecule has 0 N–H and O–H groups in total. The topological polar surface area (TPSA) is 9.86 Å². The van der Waals surface area contributed by atoms with Gasteiger partial charge in [0.15, 0.2) is 0 Å². The summed E-state index contributed by atoms with van der Waals surface area (Å²) in [6.45, 7) is 13.5. The van der Waals surface area contributed by atoms with Crippen molar-refractivity contribution in [2.24, 2.45) is 0 Å². The molecule has 0 atom stereocenters. The summed E-state index contributed by atoms with van der Waals surface area (Å²) < 4.78 is 36.2. The second-order valence-electron chi connectivity index (χ2n) is 16.5. The van der Waals surface area contributed by atoms with Crippen molar-refractivity contribution in [3.8, 4) is 33.6 Å². The van der Waals surface area contributed by atoms with Gasteiger partial charge in [0.1, 0.15) is 11.6 Å². The zero-order valence-corrected chi connectivity index (χ0v) is 31.5. The molecule has 0 fully saturated rings. The van der Waals surface area contributed by atoms with Gasteiger partial charge >= 0.3 is 0 Å². The van der Waals surface area contributed by atoms with Gasteiger partial charge in [0.05, 0.1) is 33.4 Å². The van der Waals surface area contributed by atoms with Gasteiger partial charge in [0, 0.05) is 32.7 Å². The lowest BCUT2D eigenvalue weighted by Gasteiger charge is -2.38. The molecule has 0 unspecified atom stereocenters. The minimum atomic E-state index is -0.461. The molecule has 9 rings (SSSR count). The first-order valence-corrected chi connectivity index (χ1v) is 18.7. The van der Waals surface area contributed by atoms with Gasteiger partial charge in [-0.3, -0.25) is 0 Å². The smallest absolute Gasteiger partial charge is 0.123 e. The number of halogens is 2. The summed E-state index contributed by atoms with van der Waals surface area (Å²) in [4.78, 5) is 0. The Bertz CT molecular complexity index is 2740. The summed E-state index contributed by atoms with van der Waals surface area (Å²) in [7, 11) is 0. The van der Waals surface area contributed by atoms with Crippen LogP contribution in [-0.4, -0.2) is 9.13 Å². The van der Waals surface area contributed by atoms with Crippen molar-refractivity contribution in [2.75, 3.05) is 0 Å². The molecule has 2 aromatic heterocycles. The van der Waals surface area contributed by atoms with E-state index in [4.69, 9.17) is 0 Å². The van der Waals surface area contributed by atoms with E-state index in [1.807, 2.05) is 12.1 Å². The van der Waals surface area contributed by atoms with Gasteiger partial charge in [-0.05, 0) is 81.6 Å². The van der Waals surface area contributed by atoms with Gasteiger partial charge in [0.25, 0.3) is 0 Å². The molecule has 9 aromatic rings. The molecule has 54 heavy (non-hydrogen) atoms. The molecule has 0 saturated heterocycles. The van der Waals surface area contributed by atoms with Gasteiger partial charge in [-0.1, -0.05) is 139 Å². The Balaban J connectivity index is 1.67. The maximum absolute atomic E-state index is 15.7. The highest BCUT2D eigenvalue weighted by molar-refractivity contribution is 6.13. The average Bonchev–Trinajstić information content (AvgIpc) is 3.66. The fourth-order valence-electron chi connectivity index (χ4n) is 8.81. The van der Waals surface area contributed by atoms with E-state index in [9.17, 15) is 0 Å². The summed E-state index contributed by atoms with van der Waals surface area (Å²) >= 11 is 0. The molecular weight excluding hydrogens is 667 g/mol. The number of fused-ring (bicyclic) bond motifs is 6. The van der Waals surface area contributed by atoms with Crippen LogP contribution < -0.4 is 0 Å². The van der Waals surface area contributed by atoms with Gasteiger partial charge < -0.3 is 9.13 Å². The maximum atomic E-state index is 15.7. The number of nitrogens with zero attached hydrogens (tertiary/aromatic N) is 2. The molecule has 0 saturated carbocycles. The monoisotopic (exact) mass is 708 g/mol. The van der Waals surface area contributed by atoms with Crippen molar-refractivity contribution in [3.05, 3.63) is 168 Å². The molecule has 0 aliphatic rings. The van der Waals surface area contributed by atoms with Crippen LogP contribution in [0.4, 0.5) is 8.78 Å². The predicted octanol–water partition coefficient (Wildman–Crippen LogP) is 14.1. The van der Waals surface area contributed by atoms with Crippen LogP contribution in [0.15, 0.2) is 146 Å². The van der Waals surface area contributed by atoms with E-state index in [2.05, 4.69) is 148 Å². The summed E-state index contributed by atoms with van der Waals surface area (Å²) in [5, 5.41) is 4.53.